The lowest BCUT2D eigenvalue weighted by Gasteiger charge is -2.32. The van der Waals surface area contributed by atoms with Gasteiger partial charge >= 0.3 is 5.97 Å². The van der Waals surface area contributed by atoms with Crippen LogP contribution in [0.5, 0.6) is 0 Å². The maximum absolute atomic E-state index is 12.7. The number of amides is 1. The number of rotatable bonds is 12. The van der Waals surface area contributed by atoms with Gasteiger partial charge in [-0.1, -0.05) is 45.9 Å². The minimum absolute atomic E-state index is 0.138. The molecule has 2 aromatic rings. The van der Waals surface area contributed by atoms with E-state index in [0.717, 1.165) is 49.0 Å². The van der Waals surface area contributed by atoms with Gasteiger partial charge in [-0.05, 0) is 80.7 Å². The first-order valence-electron chi connectivity index (χ1n) is 12.4. The minimum Gasteiger partial charge on any atom is -0.468 e. The molecule has 0 unspecified atom stereocenters. The van der Waals surface area contributed by atoms with Crippen molar-refractivity contribution in [3.8, 4) is 0 Å². The lowest BCUT2D eigenvalue weighted by molar-refractivity contribution is -0.139. The second kappa shape index (κ2) is 12.0. The lowest BCUT2D eigenvalue weighted by atomic mass is 9.73. The summed E-state index contributed by atoms with van der Waals surface area (Å²) in [6.45, 7) is 12.4. The van der Waals surface area contributed by atoms with Gasteiger partial charge in [0.15, 0.2) is 0 Å². The van der Waals surface area contributed by atoms with Gasteiger partial charge in [-0.25, -0.2) is 0 Å². The number of thiophene rings is 1. The number of ether oxygens (including phenoxy) is 1. The van der Waals surface area contributed by atoms with Gasteiger partial charge in [0.2, 0.25) is 0 Å². The normalized spacial score (nSPS) is 12.0. The van der Waals surface area contributed by atoms with E-state index in [-0.39, 0.29) is 17.9 Å². The van der Waals surface area contributed by atoms with Crippen molar-refractivity contribution in [3.05, 3.63) is 56.3 Å². The van der Waals surface area contributed by atoms with Crippen molar-refractivity contribution in [2.45, 2.75) is 91.1 Å². The van der Waals surface area contributed by atoms with Crippen LogP contribution in [0.25, 0.3) is 0 Å². The van der Waals surface area contributed by atoms with Gasteiger partial charge in [0.1, 0.15) is 6.54 Å². The van der Waals surface area contributed by atoms with E-state index in [0.29, 0.717) is 4.88 Å². The lowest BCUT2D eigenvalue weighted by Crippen LogP contribution is -2.30. The predicted molar refractivity (Wildman–Crippen MR) is 140 cm³/mol. The van der Waals surface area contributed by atoms with Crippen LogP contribution in [0.2, 0.25) is 0 Å². The van der Waals surface area contributed by atoms with Crippen LogP contribution in [-0.4, -0.2) is 36.2 Å². The highest BCUT2D eigenvalue weighted by Crippen LogP contribution is 2.44. The summed E-state index contributed by atoms with van der Waals surface area (Å²) in [5.41, 5.74) is 3.90. The number of esters is 1. The standard InChI is InChI=1S/C28H41NO4S/c1-8-27(32,9-2)15-14-21-12-13-22(16-19(21)5)28(10-3,11-4)23-17-20(6)25(34-23)26(31)29-18-24(30)33-7/h12-13,16-17,32H,8-11,14-15,18H2,1-7H3,(H,29,31). The number of benzene rings is 1. The van der Waals surface area contributed by atoms with Gasteiger partial charge in [0.25, 0.3) is 5.91 Å². The molecule has 0 aliphatic carbocycles. The molecule has 0 radical (unpaired) electrons. The Morgan fingerprint density at radius 3 is 2.18 bits per heavy atom. The molecular formula is C28H41NO4S. The Balaban J connectivity index is 2.35. The van der Waals surface area contributed by atoms with Crippen LogP contribution in [0.15, 0.2) is 24.3 Å². The third-order valence-electron chi connectivity index (χ3n) is 7.49. The predicted octanol–water partition coefficient (Wildman–Crippen LogP) is 5.86. The SMILES string of the molecule is CCC(O)(CC)CCc1ccc(C(CC)(CC)c2cc(C)c(C(=O)NCC(=O)OC)s2)cc1C. The van der Waals surface area contributed by atoms with Gasteiger partial charge in [-0.2, -0.15) is 0 Å². The molecule has 6 heteroatoms. The summed E-state index contributed by atoms with van der Waals surface area (Å²) in [6, 6.07) is 8.83. The second-order valence-electron chi connectivity index (χ2n) is 9.24. The average Bonchev–Trinajstić information content (AvgIpc) is 3.24. The highest BCUT2D eigenvalue weighted by molar-refractivity contribution is 7.14. The zero-order valence-corrected chi connectivity index (χ0v) is 22.7. The van der Waals surface area contributed by atoms with Crippen molar-refractivity contribution in [1.82, 2.24) is 5.32 Å². The topological polar surface area (TPSA) is 75.6 Å². The van der Waals surface area contributed by atoms with Crippen molar-refractivity contribution in [2.24, 2.45) is 0 Å². The number of carbonyl (C=O) groups is 2. The van der Waals surface area contributed by atoms with Gasteiger partial charge in [0, 0.05) is 10.3 Å². The number of carbonyl (C=O) groups excluding carboxylic acids is 2. The molecule has 0 aliphatic heterocycles. The highest BCUT2D eigenvalue weighted by Gasteiger charge is 2.34. The van der Waals surface area contributed by atoms with Crippen molar-refractivity contribution < 1.29 is 19.4 Å². The molecule has 0 saturated heterocycles. The molecule has 5 nitrogen and oxygen atoms in total. The minimum atomic E-state index is -0.596. The van der Waals surface area contributed by atoms with E-state index in [1.165, 1.54) is 35.1 Å². The molecule has 188 valence electrons. The van der Waals surface area contributed by atoms with Crippen molar-refractivity contribution >= 4 is 23.2 Å². The Hall–Kier alpha value is -2.18. The summed E-state index contributed by atoms with van der Waals surface area (Å²) in [5.74, 6) is -0.711. The van der Waals surface area contributed by atoms with Crippen LogP contribution in [0.3, 0.4) is 0 Å². The van der Waals surface area contributed by atoms with Crippen LogP contribution < -0.4 is 5.32 Å². The monoisotopic (exact) mass is 487 g/mol. The first kappa shape index (κ1) is 28.1. The van der Waals surface area contributed by atoms with E-state index >= 15 is 0 Å². The summed E-state index contributed by atoms with van der Waals surface area (Å²) in [4.78, 5) is 25.9. The van der Waals surface area contributed by atoms with E-state index in [4.69, 9.17) is 0 Å². The Morgan fingerprint density at radius 1 is 1.00 bits per heavy atom. The van der Waals surface area contributed by atoms with Crippen molar-refractivity contribution in [3.63, 3.8) is 0 Å². The molecule has 1 aromatic carbocycles. The first-order valence-corrected chi connectivity index (χ1v) is 13.2. The maximum atomic E-state index is 12.7. The Labute approximate surface area is 208 Å². The van der Waals surface area contributed by atoms with Crippen LogP contribution in [-0.2, 0) is 21.4 Å². The fraction of sp³-hybridized carbons (Fsp3) is 0.571. The fourth-order valence-corrected chi connectivity index (χ4v) is 6.08. The van der Waals surface area contributed by atoms with Crippen LogP contribution in [0.4, 0.5) is 0 Å². The molecule has 0 spiro atoms. The molecule has 0 atom stereocenters. The van der Waals surface area contributed by atoms with E-state index in [9.17, 15) is 14.7 Å². The number of aliphatic hydroxyl groups is 1. The van der Waals surface area contributed by atoms with Gasteiger partial charge in [-0.15, -0.1) is 11.3 Å². The smallest absolute Gasteiger partial charge is 0.325 e. The molecule has 0 aliphatic rings. The summed E-state index contributed by atoms with van der Waals surface area (Å²) in [7, 11) is 1.31. The molecule has 0 bridgehead atoms. The number of hydrogen-bond donors (Lipinski definition) is 2. The third kappa shape index (κ3) is 6.08. The number of methoxy groups -OCH3 is 1. The van der Waals surface area contributed by atoms with Crippen LogP contribution in [0.1, 0.15) is 96.6 Å². The number of aryl methyl sites for hydroxylation is 3. The van der Waals surface area contributed by atoms with Crippen molar-refractivity contribution in [2.75, 3.05) is 13.7 Å². The largest absolute Gasteiger partial charge is 0.468 e. The summed E-state index contributed by atoms with van der Waals surface area (Å²) >= 11 is 1.51. The van der Waals surface area contributed by atoms with Gasteiger partial charge in [0.05, 0.1) is 17.6 Å². The second-order valence-corrected chi connectivity index (χ2v) is 10.3. The molecular weight excluding hydrogens is 446 g/mol. The molecule has 0 fully saturated rings. The zero-order chi connectivity index (χ0) is 25.5. The zero-order valence-electron chi connectivity index (χ0n) is 21.8. The molecule has 34 heavy (non-hydrogen) atoms. The first-order chi connectivity index (χ1) is 16.1. The Bertz CT molecular complexity index is 986. The highest BCUT2D eigenvalue weighted by atomic mass is 32.1. The molecule has 0 saturated carbocycles. The van der Waals surface area contributed by atoms with Crippen molar-refractivity contribution in [1.29, 1.82) is 0 Å². The fourth-order valence-electron chi connectivity index (χ4n) is 4.64. The van der Waals surface area contributed by atoms with Gasteiger partial charge < -0.3 is 15.2 Å². The van der Waals surface area contributed by atoms with E-state index in [1.54, 1.807) is 0 Å². The molecule has 1 heterocycles. The van der Waals surface area contributed by atoms with E-state index < -0.39 is 11.6 Å². The average molecular weight is 488 g/mol. The number of hydrogen-bond acceptors (Lipinski definition) is 5. The summed E-state index contributed by atoms with van der Waals surface area (Å²) in [6.07, 6.45) is 4.98. The van der Waals surface area contributed by atoms with E-state index in [2.05, 4.69) is 55.1 Å². The Morgan fingerprint density at radius 2 is 1.65 bits per heavy atom. The number of nitrogens with one attached hydrogen (secondary N) is 1. The molecule has 1 amide bonds. The maximum Gasteiger partial charge on any atom is 0.325 e. The quantitative estimate of drug-likeness (QED) is 0.368. The van der Waals surface area contributed by atoms with E-state index in [1.807, 2.05) is 20.8 Å². The third-order valence-corrected chi connectivity index (χ3v) is 8.93. The Kier molecular flexibility index (Phi) is 9.89. The van der Waals surface area contributed by atoms with Crippen LogP contribution >= 0.6 is 11.3 Å². The molecule has 2 rings (SSSR count). The molecule has 2 N–H and O–H groups in total. The molecule has 1 aromatic heterocycles. The summed E-state index contributed by atoms with van der Waals surface area (Å²) < 4.78 is 4.62. The van der Waals surface area contributed by atoms with Crippen LogP contribution in [0, 0.1) is 13.8 Å². The van der Waals surface area contributed by atoms with Gasteiger partial charge in [-0.3, -0.25) is 9.59 Å². The summed E-state index contributed by atoms with van der Waals surface area (Å²) in [5, 5.41) is 13.3.